The Balaban J connectivity index is 2.05. The third kappa shape index (κ3) is 3.08. The van der Waals surface area contributed by atoms with E-state index in [-0.39, 0.29) is 11.0 Å². The van der Waals surface area contributed by atoms with E-state index < -0.39 is 0 Å². The van der Waals surface area contributed by atoms with Crippen LogP contribution in [0.1, 0.15) is 17.3 Å². The summed E-state index contributed by atoms with van der Waals surface area (Å²) in [5.41, 5.74) is 2.34. The number of aromatic nitrogens is 2. The van der Waals surface area contributed by atoms with Crippen LogP contribution < -0.4 is 4.74 Å². The first-order chi connectivity index (χ1) is 8.70. The molecule has 1 aromatic carbocycles. The molecule has 0 aliphatic heterocycles. The normalized spacial score (nSPS) is 12.1. The third-order valence-electron chi connectivity index (χ3n) is 2.36. The number of ketones is 1. The molecule has 0 amide bonds. The highest BCUT2D eigenvalue weighted by atomic mass is 32.2. The molecule has 0 bridgehead atoms. The molecule has 6 heteroatoms. The predicted octanol–water partition coefficient (Wildman–Crippen LogP) is 2.91. The van der Waals surface area contributed by atoms with E-state index in [0.29, 0.717) is 5.56 Å². The summed E-state index contributed by atoms with van der Waals surface area (Å²) in [4.78, 5) is 12.2. The Labute approximate surface area is 113 Å². The molecule has 18 heavy (non-hydrogen) atoms. The predicted molar refractivity (Wildman–Crippen MR) is 72.6 cm³/mol. The van der Waals surface area contributed by atoms with Crippen LogP contribution in [-0.2, 0) is 0 Å². The molecule has 1 atom stereocenters. The van der Waals surface area contributed by atoms with Crippen LogP contribution in [0, 0.1) is 0 Å². The molecule has 0 saturated carbocycles. The van der Waals surface area contributed by atoms with Crippen molar-refractivity contribution in [1.29, 1.82) is 0 Å². The van der Waals surface area contributed by atoms with Gasteiger partial charge in [0.2, 0.25) is 0 Å². The number of hydrogen-bond acceptors (Lipinski definition) is 6. The highest BCUT2D eigenvalue weighted by Gasteiger charge is 2.17. The number of Topliss-reactive ketones (excluding diaryl/α,β-unsaturated/α-hetero) is 1. The zero-order valence-electron chi connectivity index (χ0n) is 9.99. The van der Waals surface area contributed by atoms with E-state index in [1.807, 2.05) is 6.92 Å². The van der Waals surface area contributed by atoms with Crippen LogP contribution >= 0.6 is 23.1 Å². The van der Waals surface area contributed by atoms with Crippen molar-refractivity contribution in [2.24, 2.45) is 0 Å². The van der Waals surface area contributed by atoms with Gasteiger partial charge in [-0.05, 0) is 31.2 Å². The summed E-state index contributed by atoms with van der Waals surface area (Å²) in [5, 5.41) is 7.49. The van der Waals surface area contributed by atoms with Gasteiger partial charge < -0.3 is 4.74 Å². The minimum Gasteiger partial charge on any atom is -0.497 e. The number of thioether (sulfide) groups is 1. The SMILES string of the molecule is COc1ccc(C(=O)C(C)Sc2nncs2)cc1. The topological polar surface area (TPSA) is 52.1 Å². The molecular weight excluding hydrogens is 268 g/mol. The molecule has 0 N–H and O–H groups in total. The summed E-state index contributed by atoms with van der Waals surface area (Å²) in [6, 6.07) is 7.13. The van der Waals surface area contributed by atoms with Crippen LogP contribution in [0.2, 0.25) is 0 Å². The van der Waals surface area contributed by atoms with E-state index in [9.17, 15) is 4.79 Å². The molecule has 0 aliphatic rings. The number of hydrogen-bond donors (Lipinski definition) is 0. The number of ether oxygens (including phenoxy) is 1. The molecule has 0 aliphatic carbocycles. The number of carbonyl (C=O) groups excluding carboxylic acids is 1. The van der Waals surface area contributed by atoms with Crippen molar-refractivity contribution in [3.05, 3.63) is 35.3 Å². The van der Waals surface area contributed by atoms with Gasteiger partial charge in [0.05, 0.1) is 12.4 Å². The Bertz CT molecular complexity index is 511. The maximum Gasteiger partial charge on any atom is 0.175 e. The molecule has 0 radical (unpaired) electrons. The highest BCUT2D eigenvalue weighted by Crippen LogP contribution is 2.26. The van der Waals surface area contributed by atoms with E-state index in [2.05, 4.69) is 10.2 Å². The highest BCUT2D eigenvalue weighted by molar-refractivity contribution is 8.02. The third-order valence-corrected chi connectivity index (χ3v) is 4.27. The van der Waals surface area contributed by atoms with Crippen molar-refractivity contribution in [2.45, 2.75) is 16.5 Å². The average molecular weight is 280 g/mol. The van der Waals surface area contributed by atoms with Gasteiger partial charge in [-0.2, -0.15) is 0 Å². The summed E-state index contributed by atoms with van der Waals surface area (Å²) < 4.78 is 5.87. The molecule has 2 aromatic rings. The molecule has 1 unspecified atom stereocenters. The number of methoxy groups -OCH3 is 1. The van der Waals surface area contributed by atoms with Crippen LogP contribution in [-0.4, -0.2) is 28.3 Å². The molecular formula is C12H12N2O2S2. The lowest BCUT2D eigenvalue weighted by molar-refractivity contribution is 0.0994. The quantitative estimate of drug-likeness (QED) is 0.622. The second kappa shape index (κ2) is 5.97. The van der Waals surface area contributed by atoms with Gasteiger partial charge in [-0.25, -0.2) is 0 Å². The monoisotopic (exact) mass is 280 g/mol. The largest absolute Gasteiger partial charge is 0.497 e. The van der Waals surface area contributed by atoms with Crippen LogP contribution in [0.4, 0.5) is 0 Å². The smallest absolute Gasteiger partial charge is 0.175 e. The Morgan fingerprint density at radius 3 is 2.67 bits per heavy atom. The minimum atomic E-state index is -0.175. The van der Waals surface area contributed by atoms with E-state index in [0.717, 1.165) is 10.1 Å². The van der Waals surface area contributed by atoms with Crippen LogP contribution in [0.5, 0.6) is 5.75 Å². The Morgan fingerprint density at radius 2 is 2.11 bits per heavy atom. The molecule has 0 saturated heterocycles. The van der Waals surface area contributed by atoms with Gasteiger partial charge in [0.25, 0.3) is 0 Å². The molecule has 94 valence electrons. The van der Waals surface area contributed by atoms with Crippen molar-refractivity contribution < 1.29 is 9.53 Å². The first-order valence-corrected chi connectivity index (χ1v) is 7.07. The fourth-order valence-electron chi connectivity index (χ4n) is 1.41. The summed E-state index contributed by atoms with van der Waals surface area (Å²) >= 11 is 2.87. The Hall–Kier alpha value is -1.40. The number of carbonyl (C=O) groups is 1. The second-order valence-electron chi connectivity index (χ2n) is 3.56. The maximum atomic E-state index is 12.2. The maximum absolute atomic E-state index is 12.2. The summed E-state index contributed by atoms with van der Waals surface area (Å²) in [5.74, 6) is 0.828. The van der Waals surface area contributed by atoms with Gasteiger partial charge in [0.1, 0.15) is 11.3 Å². The number of nitrogens with zero attached hydrogens (tertiary/aromatic N) is 2. The lowest BCUT2D eigenvalue weighted by Crippen LogP contribution is -2.13. The zero-order chi connectivity index (χ0) is 13.0. The second-order valence-corrected chi connectivity index (χ2v) is 5.98. The van der Waals surface area contributed by atoms with Crippen molar-refractivity contribution in [3.8, 4) is 5.75 Å². The first kappa shape index (κ1) is 13.0. The molecule has 2 rings (SSSR count). The van der Waals surface area contributed by atoms with Gasteiger partial charge in [-0.3, -0.25) is 4.79 Å². The minimum absolute atomic E-state index is 0.0813. The van der Waals surface area contributed by atoms with Crippen LogP contribution in [0.15, 0.2) is 34.1 Å². The van der Waals surface area contributed by atoms with E-state index in [1.165, 1.54) is 23.1 Å². The van der Waals surface area contributed by atoms with Crippen molar-refractivity contribution >= 4 is 28.9 Å². The summed E-state index contributed by atoms with van der Waals surface area (Å²) in [6.45, 7) is 1.87. The average Bonchev–Trinajstić information content (AvgIpc) is 2.91. The Kier molecular flexibility index (Phi) is 4.33. The van der Waals surface area contributed by atoms with Gasteiger partial charge in [0, 0.05) is 5.56 Å². The van der Waals surface area contributed by atoms with E-state index >= 15 is 0 Å². The summed E-state index contributed by atoms with van der Waals surface area (Å²) in [6.07, 6.45) is 0. The van der Waals surface area contributed by atoms with Gasteiger partial charge >= 0.3 is 0 Å². The zero-order valence-corrected chi connectivity index (χ0v) is 11.6. The van der Waals surface area contributed by atoms with Gasteiger partial charge in [0.15, 0.2) is 10.1 Å². The van der Waals surface area contributed by atoms with Crippen LogP contribution in [0.3, 0.4) is 0 Å². The first-order valence-electron chi connectivity index (χ1n) is 5.32. The lowest BCUT2D eigenvalue weighted by Gasteiger charge is -2.08. The number of benzene rings is 1. The van der Waals surface area contributed by atoms with Crippen molar-refractivity contribution in [2.75, 3.05) is 7.11 Å². The molecule has 0 fully saturated rings. The molecule has 0 spiro atoms. The van der Waals surface area contributed by atoms with Gasteiger partial charge in [-0.1, -0.05) is 23.1 Å². The van der Waals surface area contributed by atoms with Crippen molar-refractivity contribution in [1.82, 2.24) is 10.2 Å². The van der Waals surface area contributed by atoms with Crippen molar-refractivity contribution in [3.63, 3.8) is 0 Å². The fraction of sp³-hybridized carbons (Fsp3) is 0.250. The van der Waals surface area contributed by atoms with E-state index in [1.54, 1.807) is 36.9 Å². The molecule has 1 aromatic heterocycles. The molecule has 4 nitrogen and oxygen atoms in total. The standard InChI is InChI=1S/C12H12N2O2S2/c1-8(18-12-14-13-7-17-12)11(15)9-3-5-10(16-2)6-4-9/h3-8H,1-2H3. The van der Waals surface area contributed by atoms with E-state index in [4.69, 9.17) is 4.74 Å². The molecule has 1 heterocycles. The number of rotatable bonds is 5. The van der Waals surface area contributed by atoms with Gasteiger partial charge in [-0.15, -0.1) is 10.2 Å². The Morgan fingerprint density at radius 1 is 1.39 bits per heavy atom. The lowest BCUT2D eigenvalue weighted by atomic mass is 10.1. The summed E-state index contributed by atoms with van der Waals surface area (Å²) in [7, 11) is 1.60. The van der Waals surface area contributed by atoms with Crippen LogP contribution in [0.25, 0.3) is 0 Å². The fourth-order valence-corrected chi connectivity index (χ4v) is 3.11.